The molecule has 0 heterocycles. The van der Waals surface area contributed by atoms with Crippen LogP contribution in [0.5, 0.6) is 0 Å². The van der Waals surface area contributed by atoms with Crippen LogP contribution in [0.2, 0.25) is 0 Å². The molecule has 3 N–H and O–H groups in total. The highest BCUT2D eigenvalue weighted by molar-refractivity contribution is 5.74. The molecule has 0 radical (unpaired) electrons. The molecule has 0 aromatic heterocycles. The van der Waals surface area contributed by atoms with Crippen molar-refractivity contribution < 1.29 is 9.90 Å². The quantitative estimate of drug-likeness (QED) is 0.728. The van der Waals surface area contributed by atoms with Crippen molar-refractivity contribution in [2.75, 3.05) is 0 Å². The summed E-state index contributed by atoms with van der Waals surface area (Å²) in [6.07, 6.45) is 5.37. The third-order valence-electron chi connectivity index (χ3n) is 3.25. The molecule has 1 aromatic rings. The molecule has 0 aliphatic rings. The Morgan fingerprint density at radius 3 is 2.33 bits per heavy atom. The van der Waals surface area contributed by atoms with Gasteiger partial charge in [0.1, 0.15) is 0 Å². The first-order chi connectivity index (χ1) is 9.74. The minimum atomic E-state index is -0.861. The number of carbonyl (C=O) groups excluding carboxylic acids is 1. The lowest BCUT2D eigenvalue weighted by molar-refractivity contribution is 0.0786. The van der Waals surface area contributed by atoms with Crippen molar-refractivity contribution in [2.24, 2.45) is 5.92 Å². The summed E-state index contributed by atoms with van der Waals surface area (Å²) in [6, 6.07) is 6.92. The zero-order valence-electron chi connectivity index (χ0n) is 13.1. The van der Waals surface area contributed by atoms with Crippen LogP contribution in [-0.2, 0) is 12.1 Å². The van der Waals surface area contributed by atoms with Gasteiger partial charge in [-0.1, -0.05) is 44.0 Å². The summed E-state index contributed by atoms with van der Waals surface area (Å²) >= 11 is 0. The molecule has 21 heavy (non-hydrogen) atoms. The van der Waals surface area contributed by atoms with Crippen molar-refractivity contribution in [3.63, 3.8) is 0 Å². The van der Waals surface area contributed by atoms with Crippen molar-refractivity contribution in [1.29, 1.82) is 0 Å². The van der Waals surface area contributed by atoms with Crippen molar-refractivity contribution in [2.45, 2.75) is 45.9 Å². The lowest BCUT2D eigenvalue weighted by Crippen LogP contribution is -2.43. The van der Waals surface area contributed by atoms with Gasteiger partial charge in [0.05, 0.1) is 11.6 Å². The van der Waals surface area contributed by atoms with Gasteiger partial charge in [0, 0.05) is 6.54 Å². The first-order valence-electron chi connectivity index (χ1n) is 7.06. The SMILES string of the molecule is C#C[C@@H](NC(=O)NCc1ccc(C(C)(C)O)cc1)C(C)C. The van der Waals surface area contributed by atoms with Gasteiger partial charge in [-0.05, 0) is 30.9 Å². The van der Waals surface area contributed by atoms with Gasteiger partial charge in [0.15, 0.2) is 0 Å². The highest BCUT2D eigenvalue weighted by Crippen LogP contribution is 2.19. The summed E-state index contributed by atoms with van der Waals surface area (Å²) in [6.45, 7) is 7.80. The Morgan fingerprint density at radius 2 is 1.90 bits per heavy atom. The molecule has 4 heteroatoms. The lowest BCUT2D eigenvalue weighted by Gasteiger charge is -2.18. The van der Waals surface area contributed by atoms with Crippen molar-refractivity contribution >= 4 is 6.03 Å². The molecule has 0 unspecified atom stereocenters. The van der Waals surface area contributed by atoms with Crippen LogP contribution in [0.3, 0.4) is 0 Å². The van der Waals surface area contributed by atoms with Crippen LogP contribution in [0, 0.1) is 18.3 Å². The first-order valence-corrected chi connectivity index (χ1v) is 7.06. The van der Waals surface area contributed by atoms with E-state index in [2.05, 4.69) is 16.6 Å². The molecular weight excluding hydrogens is 264 g/mol. The summed E-state index contributed by atoms with van der Waals surface area (Å²) in [7, 11) is 0. The largest absolute Gasteiger partial charge is 0.386 e. The van der Waals surface area contributed by atoms with Crippen LogP contribution in [0.25, 0.3) is 0 Å². The molecule has 1 atom stereocenters. The Bertz CT molecular complexity index is 507. The maximum absolute atomic E-state index is 11.8. The maximum Gasteiger partial charge on any atom is 0.316 e. The fourth-order valence-corrected chi connectivity index (χ4v) is 1.81. The van der Waals surface area contributed by atoms with Crippen LogP contribution in [-0.4, -0.2) is 17.2 Å². The Labute approximate surface area is 127 Å². The fourth-order valence-electron chi connectivity index (χ4n) is 1.81. The number of hydrogen-bond acceptors (Lipinski definition) is 2. The van der Waals surface area contributed by atoms with E-state index in [1.165, 1.54) is 0 Å². The van der Waals surface area contributed by atoms with E-state index in [-0.39, 0.29) is 18.0 Å². The molecule has 1 rings (SSSR count). The molecule has 4 nitrogen and oxygen atoms in total. The van der Waals surface area contributed by atoms with E-state index in [4.69, 9.17) is 6.42 Å². The normalized spacial score (nSPS) is 12.6. The zero-order valence-corrected chi connectivity index (χ0v) is 13.1. The van der Waals surface area contributed by atoms with Gasteiger partial charge < -0.3 is 15.7 Å². The van der Waals surface area contributed by atoms with Gasteiger partial charge in [0.2, 0.25) is 0 Å². The van der Waals surface area contributed by atoms with Gasteiger partial charge >= 0.3 is 6.03 Å². The number of nitrogens with one attached hydrogen (secondary N) is 2. The zero-order chi connectivity index (χ0) is 16.0. The van der Waals surface area contributed by atoms with Crippen LogP contribution >= 0.6 is 0 Å². The standard InChI is InChI=1S/C17H24N2O2/c1-6-15(12(2)3)19-16(20)18-11-13-7-9-14(10-8-13)17(4,5)21/h1,7-10,12,15,21H,11H2,2-5H3,(H2,18,19,20)/t15-/m1/s1. The first kappa shape index (κ1) is 17.1. The van der Waals surface area contributed by atoms with E-state index in [1.54, 1.807) is 13.8 Å². The molecule has 0 aliphatic carbocycles. The summed E-state index contributed by atoms with van der Waals surface area (Å²) in [5, 5.41) is 15.4. The smallest absolute Gasteiger partial charge is 0.316 e. The highest BCUT2D eigenvalue weighted by atomic mass is 16.3. The van der Waals surface area contributed by atoms with Crippen LogP contribution in [0.4, 0.5) is 4.79 Å². The second-order valence-electron chi connectivity index (χ2n) is 5.97. The molecule has 114 valence electrons. The van der Waals surface area contributed by atoms with E-state index in [9.17, 15) is 9.90 Å². The molecule has 0 saturated carbocycles. The Balaban J connectivity index is 2.52. The number of amides is 2. The summed E-state index contributed by atoms with van der Waals surface area (Å²) in [5.74, 6) is 2.74. The number of aliphatic hydroxyl groups is 1. The minimum Gasteiger partial charge on any atom is -0.386 e. The average Bonchev–Trinajstić information content (AvgIpc) is 2.41. The number of rotatable bonds is 5. The summed E-state index contributed by atoms with van der Waals surface area (Å²) in [4.78, 5) is 11.8. The molecule has 0 bridgehead atoms. The third kappa shape index (κ3) is 5.49. The molecule has 0 aliphatic heterocycles. The highest BCUT2D eigenvalue weighted by Gasteiger charge is 2.15. The molecule has 2 amide bonds. The predicted octanol–water partition coefficient (Wildman–Crippen LogP) is 2.37. The average molecular weight is 288 g/mol. The van der Waals surface area contributed by atoms with E-state index in [0.29, 0.717) is 6.54 Å². The van der Waals surface area contributed by atoms with Crippen molar-refractivity contribution in [3.8, 4) is 12.3 Å². The monoisotopic (exact) mass is 288 g/mol. The molecule has 1 aromatic carbocycles. The van der Waals surface area contributed by atoms with Gasteiger partial charge in [-0.25, -0.2) is 4.79 Å². The van der Waals surface area contributed by atoms with Crippen LogP contribution in [0.15, 0.2) is 24.3 Å². The fraction of sp³-hybridized carbons (Fsp3) is 0.471. The van der Waals surface area contributed by atoms with E-state index < -0.39 is 5.60 Å². The number of urea groups is 1. The Hall–Kier alpha value is -1.99. The van der Waals surface area contributed by atoms with E-state index in [1.807, 2.05) is 38.1 Å². The van der Waals surface area contributed by atoms with Gasteiger partial charge in [-0.2, -0.15) is 0 Å². The van der Waals surface area contributed by atoms with Crippen molar-refractivity contribution in [3.05, 3.63) is 35.4 Å². The number of benzene rings is 1. The number of carbonyl (C=O) groups is 1. The number of hydrogen-bond donors (Lipinski definition) is 3. The van der Waals surface area contributed by atoms with Gasteiger partial charge in [0.25, 0.3) is 0 Å². The van der Waals surface area contributed by atoms with Crippen LogP contribution < -0.4 is 10.6 Å². The molecule has 0 saturated heterocycles. The molecular formula is C17H24N2O2. The maximum atomic E-state index is 11.8. The predicted molar refractivity (Wildman–Crippen MR) is 84.5 cm³/mol. The lowest BCUT2D eigenvalue weighted by atomic mass is 9.97. The number of terminal acetylenes is 1. The summed E-state index contributed by atoms with van der Waals surface area (Å²) in [5.41, 5.74) is 0.934. The van der Waals surface area contributed by atoms with Crippen LogP contribution in [0.1, 0.15) is 38.8 Å². The van der Waals surface area contributed by atoms with Crippen molar-refractivity contribution in [1.82, 2.24) is 10.6 Å². The summed E-state index contributed by atoms with van der Waals surface area (Å²) < 4.78 is 0. The Morgan fingerprint density at radius 1 is 1.33 bits per heavy atom. The minimum absolute atomic E-state index is 0.187. The molecule has 0 fully saturated rings. The van der Waals surface area contributed by atoms with E-state index >= 15 is 0 Å². The molecule has 0 spiro atoms. The van der Waals surface area contributed by atoms with Gasteiger partial charge in [-0.15, -0.1) is 6.42 Å². The topological polar surface area (TPSA) is 61.4 Å². The second-order valence-corrected chi connectivity index (χ2v) is 5.97. The Kier molecular flexibility index (Phi) is 5.80. The third-order valence-corrected chi connectivity index (χ3v) is 3.25. The van der Waals surface area contributed by atoms with Gasteiger partial charge in [-0.3, -0.25) is 0 Å². The van der Waals surface area contributed by atoms with E-state index in [0.717, 1.165) is 11.1 Å². The second kappa shape index (κ2) is 7.14.